The van der Waals surface area contributed by atoms with Crippen LogP contribution in [0.2, 0.25) is 10.0 Å². The summed E-state index contributed by atoms with van der Waals surface area (Å²) in [6.45, 7) is 0.572. The number of ether oxygens (including phenoxy) is 2. The van der Waals surface area contributed by atoms with E-state index in [1.807, 2.05) is 30.3 Å². The molecule has 0 aliphatic carbocycles. The van der Waals surface area contributed by atoms with Crippen LogP contribution in [0.5, 0.6) is 11.5 Å². The lowest BCUT2D eigenvalue weighted by Crippen LogP contribution is -2.54. The van der Waals surface area contributed by atoms with Crippen LogP contribution in [0.4, 0.5) is 10.5 Å². The van der Waals surface area contributed by atoms with Gasteiger partial charge in [-0.05, 0) is 71.8 Å². The van der Waals surface area contributed by atoms with E-state index in [4.69, 9.17) is 32.7 Å². The summed E-state index contributed by atoms with van der Waals surface area (Å²) in [5.41, 5.74) is 2.42. The van der Waals surface area contributed by atoms with E-state index >= 15 is 0 Å². The van der Waals surface area contributed by atoms with Gasteiger partial charge in [-0.1, -0.05) is 65.7 Å². The van der Waals surface area contributed by atoms with Gasteiger partial charge < -0.3 is 9.47 Å². The highest BCUT2D eigenvalue weighted by atomic mass is 35.5. The fourth-order valence-electron chi connectivity index (χ4n) is 3.97. The van der Waals surface area contributed by atoms with Gasteiger partial charge in [0, 0.05) is 15.6 Å². The lowest BCUT2D eigenvalue weighted by atomic mass is 10.1. The Labute approximate surface area is 240 Å². The zero-order chi connectivity index (χ0) is 28.1. The molecule has 0 saturated carbocycles. The number of nitrogens with one attached hydrogen (secondary N) is 1. The maximum absolute atomic E-state index is 13.3. The average molecular weight is 573 g/mol. The maximum Gasteiger partial charge on any atom is 0.335 e. The van der Waals surface area contributed by atoms with Crippen LogP contribution >= 0.6 is 23.2 Å². The van der Waals surface area contributed by atoms with Gasteiger partial charge in [0.15, 0.2) is 0 Å². The van der Waals surface area contributed by atoms with Gasteiger partial charge in [-0.3, -0.25) is 14.9 Å². The van der Waals surface area contributed by atoms with Crippen molar-refractivity contribution in [2.24, 2.45) is 0 Å². The number of hydrogen-bond donors (Lipinski definition) is 1. The second-order valence-electron chi connectivity index (χ2n) is 8.82. The van der Waals surface area contributed by atoms with E-state index in [9.17, 15) is 14.4 Å². The fraction of sp³-hybridized carbons (Fsp3) is 0.0645. The Morgan fingerprint density at radius 3 is 2.23 bits per heavy atom. The first-order chi connectivity index (χ1) is 19.4. The van der Waals surface area contributed by atoms with E-state index in [-0.39, 0.29) is 17.9 Å². The number of nitrogens with zero attached hydrogens (tertiary/aromatic N) is 1. The molecule has 1 fully saturated rings. The molecule has 7 nitrogen and oxygen atoms in total. The summed E-state index contributed by atoms with van der Waals surface area (Å²) in [6, 6.07) is 27.1. The van der Waals surface area contributed by atoms with Crippen molar-refractivity contribution in [3.63, 3.8) is 0 Å². The molecule has 1 heterocycles. The predicted octanol–water partition coefficient (Wildman–Crippen LogP) is 6.82. The van der Waals surface area contributed by atoms with Crippen molar-refractivity contribution < 1.29 is 23.9 Å². The number of hydrogen-bond acceptors (Lipinski definition) is 5. The van der Waals surface area contributed by atoms with Crippen molar-refractivity contribution in [2.75, 3.05) is 4.90 Å². The highest BCUT2D eigenvalue weighted by Crippen LogP contribution is 2.26. The molecule has 0 atom stereocenters. The zero-order valence-corrected chi connectivity index (χ0v) is 22.5. The van der Waals surface area contributed by atoms with Gasteiger partial charge in [-0.25, -0.2) is 9.69 Å². The van der Waals surface area contributed by atoms with Gasteiger partial charge in [-0.2, -0.15) is 0 Å². The number of imide groups is 2. The molecule has 4 amide bonds. The molecule has 0 bridgehead atoms. The summed E-state index contributed by atoms with van der Waals surface area (Å²) in [6.07, 6.45) is 1.42. The van der Waals surface area contributed by atoms with Crippen LogP contribution in [-0.2, 0) is 22.8 Å². The average Bonchev–Trinajstić information content (AvgIpc) is 2.95. The Hall–Kier alpha value is -4.59. The lowest BCUT2D eigenvalue weighted by Gasteiger charge is -2.26. The molecule has 0 radical (unpaired) electrons. The van der Waals surface area contributed by atoms with Crippen LogP contribution in [0.25, 0.3) is 6.08 Å². The number of carbonyl (C=O) groups excluding carboxylic acids is 3. The van der Waals surface area contributed by atoms with Gasteiger partial charge >= 0.3 is 6.03 Å². The summed E-state index contributed by atoms with van der Waals surface area (Å²) >= 11 is 12.1. The third kappa shape index (κ3) is 6.34. The largest absolute Gasteiger partial charge is 0.489 e. The molecule has 5 rings (SSSR count). The molecular weight excluding hydrogens is 551 g/mol. The van der Waals surface area contributed by atoms with Crippen LogP contribution in [-0.4, -0.2) is 17.8 Å². The predicted molar refractivity (Wildman–Crippen MR) is 153 cm³/mol. The second-order valence-corrected chi connectivity index (χ2v) is 9.66. The van der Waals surface area contributed by atoms with E-state index in [1.165, 1.54) is 6.08 Å². The molecule has 1 N–H and O–H groups in total. The van der Waals surface area contributed by atoms with Crippen molar-refractivity contribution in [3.05, 3.63) is 129 Å². The van der Waals surface area contributed by atoms with Crippen molar-refractivity contribution in [3.8, 4) is 11.5 Å². The summed E-state index contributed by atoms with van der Waals surface area (Å²) in [5.74, 6) is -0.450. The number of barbiturate groups is 1. The summed E-state index contributed by atoms with van der Waals surface area (Å²) in [7, 11) is 0. The highest BCUT2D eigenvalue weighted by molar-refractivity contribution is 6.39. The summed E-state index contributed by atoms with van der Waals surface area (Å²) in [5, 5.41) is 3.46. The first kappa shape index (κ1) is 27.0. The van der Waals surface area contributed by atoms with Gasteiger partial charge in [0.2, 0.25) is 0 Å². The van der Waals surface area contributed by atoms with Crippen LogP contribution < -0.4 is 19.7 Å². The minimum atomic E-state index is -0.836. The molecule has 0 spiro atoms. The molecule has 200 valence electrons. The molecule has 40 heavy (non-hydrogen) atoms. The van der Waals surface area contributed by atoms with Crippen molar-refractivity contribution in [1.82, 2.24) is 5.32 Å². The minimum Gasteiger partial charge on any atom is -0.489 e. The molecule has 1 saturated heterocycles. The van der Waals surface area contributed by atoms with E-state index in [2.05, 4.69) is 5.32 Å². The highest BCUT2D eigenvalue weighted by Gasteiger charge is 2.36. The third-order valence-electron chi connectivity index (χ3n) is 6.04. The number of urea groups is 1. The first-order valence-electron chi connectivity index (χ1n) is 12.2. The lowest BCUT2D eigenvalue weighted by molar-refractivity contribution is -0.122. The van der Waals surface area contributed by atoms with E-state index in [0.717, 1.165) is 16.0 Å². The van der Waals surface area contributed by atoms with Crippen molar-refractivity contribution in [1.29, 1.82) is 0 Å². The molecule has 9 heteroatoms. The third-order valence-corrected chi connectivity index (χ3v) is 6.66. The van der Waals surface area contributed by atoms with E-state index in [0.29, 0.717) is 33.7 Å². The topological polar surface area (TPSA) is 84.9 Å². The second kappa shape index (κ2) is 12.1. The van der Waals surface area contributed by atoms with Gasteiger partial charge in [0.1, 0.15) is 30.3 Å². The number of halogens is 2. The fourth-order valence-corrected chi connectivity index (χ4v) is 4.28. The Balaban J connectivity index is 1.30. The number of anilines is 1. The van der Waals surface area contributed by atoms with Crippen molar-refractivity contribution in [2.45, 2.75) is 13.2 Å². The minimum absolute atomic E-state index is 0.187. The van der Waals surface area contributed by atoms with Crippen molar-refractivity contribution >= 4 is 52.8 Å². The summed E-state index contributed by atoms with van der Waals surface area (Å²) in [4.78, 5) is 39.4. The number of carbonyl (C=O) groups is 3. The molecular formula is C31H22Cl2N2O5. The Kier molecular flexibility index (Phi) is 8.15. The maximum atomic E-state index is 13.3. The zero-order valence-electron chi connectivity index (χ0n) is 21.0. The first-order valence-corrected chi connectivity index (χ1v) is 13.0. The van der Waals surface area contributed by atoms with Gasteiger partial charge in [-0.15, -0.1) is 0 Å². The molecule has 1 aliphatic heterocycles. The molecule has 0 aromatic heterocycles. The molecule has 1 aliphatic rings. The molecule has 0 unspecified atom stereocenters. The SMILES string of the molecule is O=C1NC(=O)N(c2ccc(OCc3ccccc3Cl)cc2)C(=O)/C1=C\c1cccc(OCc2ccc(Cl)cc2)c1. The number of benzene rings is 4. The quantitative estimate of drug-likeness (QED) is 0.185. The Bertz CT molecular complexity index is 1600. The smallest absolute Gasteiger partial charge is 0.335 e. The van der Waals surface area contributed by atoms with Gasteiger partial charge in [0.25, 0.3) is 11.8 Å². The monoisotopic (exact) mass is 572 g/mol. The van der Waals surface area contributed by atoms with Gasteiger partial charge in [0.05, 0.1) is 5.69 Å². The van der Waals surface area contributed by atoms with E-state index in [1.54, 1.807) is 66.7 Å². The van der Waals surface area contributed by atoms with E-state index < -0.39 is 17.8 Å². The Morgan fingerprint density at radius 2 is 1.48 bits per heavy atom. The standard InChI is InChI=1S/C31H22Cl2N2O5/c32-23-10-8-20(9-11-23)18-39-26-6-3-4-21(16-26)17-27-29(36)34-31(38)35(30(27)37)24-12-14-25(15-13-24)40-19-22-5-1-2-7-28(22)33/h1-17H,18-19H2,(H,34,36,38)/b27-17-. The molecule has 4 aromatic carbocycles. The molecule has 4 aromatic rings. The van der Waals surface area contributed by atoms with Crippen LogP contribution in [0, 0.1) is 0 Å². The Morgan fingerprint density at radius 1 is 0.750 bits per heavy atom. The van der Waals surface area contributed by atoms with Crippen LogP contribution in [0.15, 0.2) is 103 Å². The number of amides is 4. The normalized spacial score (nSPS) is 14.3. The summed E-state index contributed by atoms with van der Waals surface area (Å²) < 4.78 is 11.6. The van der Waals surface area contributed by atoms with Crippen LogP contribution in [0.3, 0.4) is 0 Å². The van der Waals surface area contributed by atoms with Crippen LogP contribution in [0.1, 0.15) is 16.7 Å². The number of rotatable bonds is 8.